The summed E-state index contributed by atoms with van der Waals surface area (Å²) in [6.45, 7) is 1.58. The zero-order chi connectivity index (χ0) is 20.1. The molecule has 0 spiro atoms. The molecule has 2 heterocycles. The molecule has 1 atom stereocenters. The van der Waals surface area contributed by atoms with Crippen molar-refractivity contribution in [1.82, 2.24) is 9.97 Å². The van der Waals surface area contributed by atoms with Gasteiger partial charge in [0.15, 0.2) is 17.6 Å². The lowest BCUT2D eigenvalue weighted by molar-refractivity contribution is -0.377. The highest BCUT2D eigenvalue weighted by molar-refractivity contribution is 8.00. The molecule has 3 rings (SSSR count). The number of halogens is 3. The number of amides is 1. The third-order valence-corrected chi connectivity index (χ3v) is 4.65. The van der Waals surface area contributed by atoms with Crippen LogP contribution in [-0.4, -0.2) is 21.1 Å². The molecule has 2 aromatic heterocycles. The number of aromatic amines is 1. The molecule has 1 unspecified atom stereocenters. The summed E-state index contributed by atoms with van der Waals surface area (Å²) in [6, 6.07) is 12.8. The van der Waals surface area contributed by atoms with Crippen LogP contribution in [0.25, 0.3) is 11.3 Å². The van der Waals surface area contributed by atoms with Gasteiger partial charge in [0.25, 0.3) is 0 Å². The van der Waals surface area contributed by atoms with Crippen LogP contribution in [0.3, 0.4) is 0 Å². The molecule has 9 heteroatoms. The molecule has 144 valence electrons. The Bertz CT molecular complexity index is 952. The first-order valence-electron chi connectivity index (χ1n) is 8.28. The van der Waals surface area contributed by atoms with E-state index in [2.05, 4.69) is 20.3 Å². The largest absolute Gasteiger partial charge is 0.433 e. The number of H-pyrrole nitrogens is 1. The Morgan fingerprint density at radius 2 is 1.89 bits per heavy atom. The van der Waals surface area contributed by atoms with Crippen molar-refractivity contribution in [2.24, 2.45) is 0 Å². The zero-order valence-corrected chi connectivity index (χ0v) is 15.5. The van der Waals surface area contributed by atoms with Crippen LogP contribution in [0, 0.1) is 0 Å². The van der Waals surface area contributed by atoms with Crippen LogP contribution in [-0.2, 0) is 11.0 Å². The molecule has 0 saturated carbocycles. The second-order valence-corrected chi connectivity index (χ2v) is 7.13. The lowest BCUT2D eigenvalue weighted by atomic mass is 10.1. The number of hydrogen-bond acceptors (Lipinski definition) is 4. The van der Waals surface area contributed by atoms with E-state index in [0.29, 0.717) is 11.3 Å². The maximum Gasteiger partial charge on any atom is 0.433 e. The maximum absolute atomic E-state index is 13.3. The third kappa shape index (κ3) is 5.07. The lowest BCUT2D eigenvalue weighted by Gasteiger charge is -2.13. The van der Waals surface area contributed by atoms with Crippen molar-refractivity contribution < 1.29 is 22.9 Å². The fourth-order valence-electron chi connectivity index (χ4n) is 2.31. The number of thioether (sulfide) groups is 1. The SMILES string of the molecule is CC(Sc1nc(-c2ccccc2)cc(C(F)(F)F)n1)C(=O)Nc1ccc[nH+]c1. The predicted molar refractivity (Wildman–Crippen MR) is 99.4 cm³/mol. The van der Waals surface area contributed by atoms with Crippen molar-refractivity contribution >= 4 is 23.4 Å². The maximum atomic E-state index is 13.3. The molecule has 1 amide bonds. The molecule has 28 heavy (non-hydrogen) atoms. The van der Waals surface area contributed by atoms with Crippen molar-refractivity contribution in [3.05, 3.63) is 66.6 Å². The molecular formula is C19H16F3N4OS+. The molecule has 0 aliphatic carbocycles. The van der Waals surface area contributed by atoms with Crippen LogP contribution in [0.15, 0.2) is 66.1 Å². The number of benzene rings is 1. The fourth-order valence-corrected chi connectivity index (χ4v) is 3.09. The van der Waals surface area contributed by atoms with Gasteiger partial charge < -0.3 is 5.32 Å². The average molecular weight is 405 g/mol. The van der Waals surface area contributed by atoms with E-state index in [-0.39, 0.29) is 16.8 Å². The first-order valence-corrected chi connectivity index (χ1v) is 9.16. The Balaban J connectivity index is 1.85. The highest BCUT2D eigenvalue weighted by Crippen LogP contribution is 2.32. The minimum atomic E-state index is -4.62. The van der Waals surface area contributed by atoms with Crippen LogP contribution in [0.2, 0.25) is 0 Å². The lowest BCUT2D eigenvalue weighted by Crippen LogP contribution is -2.23. The number of alkyl halides is 3. The normalized spacial score (nSPS) is 12.4. The summed E-state index contributed by atoms with van der Waals surface area (Å²) in [5, 5.41) is 1.87. The molecule has 5 nitrogen and oxygen atoms in total. The summed E-state index contributed by atoms with van der Waals surface area (Å²) in [7, 11) is 0. The molecular weight excluding hydrogens is 389 g/mol. The Kier molecular flexibility index (Phi) is 5.93. The van der Waals surface area contributed by atoms with Gasteiger partial charge in [-0.1, -0.05) is 42.1 Å². The van der Waals surface area contributed by atoms with Gasteiger partial charge in [0.1, 0.15) is 11.4 Å². The summed E-state index contributed by atoms with van der Waals surface area (Å²) in [5.74, 6) is -0.369. The van der Waals surface area contributed by atoms with E-state index < -0.39 is 17.1 Å². The number of carbonyl (C=O) groups excluding carboxylic acids is 1. The van der Waals surface area contributed by atoms with Crippen molar-refractivity contribution in [2.45, 2.75) is 23.5 Å². The fraction of sp³-hybridized carbons (Fsp3) is 0.158. The number of nitrogens with one attached hydrogen (secondary N) is 2. The Morgan fingerprint density at radius 3 is 2.54 bits per heavy atom. The third-order valence-electron chi connectivity index (χ3n) is 3.69. The molecule has 0 aliphatic heterocycles. The van der Waals surface area contributed by atoms with Gasteiger partial charge in [-0.3, -0.25) is 4.79 Å². The van der Waals surface area contributed by atoms with Crippen molar-refractivity contribution in [1.29, 1.82) is 0 Å². The van der Waals surface area contributed by atoms with Gasteiger partial charge in [-0.25, -0.2) is 15.0 Å². The number of rotatable bonds is 5. The smallest absolute Gasteiger partial charge is 0.320 e. The van der Waals surface area contributed by atoms with E-state index in [1.807, 2.05) is 0 Å². The summed E-state index contributed by atoms with van der Waals surface area (Å²) in [6.07, 6.45) is -1.33. The number of carbonyl (C=O) groups is 1. The standard InChI is InChI=1S/C19H15F3N4OS/c1-12(17(27)24-14-8-5-9-23-11-14)28-18-25-15(13-6-3-2-4-7-13)10-16(26-18)19(20,21)22/h2-12H,1H3,(H,24,27)/p+1. The minimum Gasteiger partial charge on any atom is -0.320 e. The van der Waals surface area contributed by atoms with E-state index in [9.17, 15) is 18.0 Å². The quantitative estimate of drug-likeness (QED) is 0.513. The summed E-state index contributed by atoms with van der Waals surface area (Å²) in [5.41, 5.74) is 0.189. The molecule has 0 fully saturated rings. The van der Waals surface area contributed by atoms with Gasteiger partial charge in [0.05, 0.1) is 10.9 Å². The van der Waals surface area contributed by atoms with Gasteiger partial charge >= 0.3 is 6.18 Å². The van der Waals surface area contributed by atoms with Gasteiger partial charge in [0.2, 0.25) is 5.91 Å². The molecule has 0 saturated heterocycles. The first-order chi connectivity index (χ1) is 13.3. The van der Waals surface area contributed by atoms with Gasteiger partial charge in [-0.2, -0.15) is 13.2 Å². The molecule has 2 N–H and O–H groups in total. The minimum absolute atomic E-state index is 0.115. The monoisotopic (exact) mass is 405 g/mol. The topological polar surface area (TPSA) is 69.0 Å². The van der Waals surface area contributed by atoms with E-state index >= 15 is 0 Å². The zero-order valence-electron chi connectivity index (χ0n) is 14.7. The van der Waals surface area contributed by atoms with Gasteiger partial charge in [-0.15, -0.1) is 0 Å². The van der Waals surface area contributed by atoms with E-state index in [1.165, 1.54) is 0 Å². The van der Waals surface area contributed by atoms with Crippen LogP contribution >= 0.6 is 11.8 Å². The second kappa shape index (κ2) is 8.39. The highest BCUT2D eigenvalue weighted by Gasteiger charge is 2.34. The average Bonchev–Trinajstić information content (AvgIpc) is 2.68. The predicted octanol–water partition coefficient (Wildman–Crippen LogP) is 4.10. The number of pyridine rings is 1. The van der Waals surface area contributed by atoms with Gasteiger partial charge in [0, 0.05) is 11.6 Å². The molecule has 1 aromatic carbocycles. The summed E-state index contributed by atoms with van der Waals surface area (Å²) < 4.78 is 39.8. The van der Waals surface area contributed by atoms with Crippen LogP contribution in [0.5, 0.6) is 0 Å². The Hall–Kier alpha value is -2.94. The summed E-state index contributed by atoms with van der Waals surface area (Å²) >= 11 is 0.866. The molecule has 3 aromatic rings. The van der Waals surface area contributed by atoms with Crippen LogP contribution in [0.1, 0.15) is 12.6 Å². The molecule has 0 bridgehead atoms. The first kappa shape index (κ1) is 19.8. The number of hydrogen-bond donors (Lipinski definition) is 1. The number of nitrogens with zero attached hydrogens (tertiary/aromatic N) is 2. The highest BCUT2D eigenvalue weighted by atomic mass is 32.2. The van der Waals surface area contributed by atoms with Crippen LogP contribution in [0.4, 0.5) is 18.9 Å². The molecule has 0 radical (unpaired) electrons. The Labute approximate surface area is 163 Å². The molecule has 0 aliphatic rings. The van der Waals surface area contributed by atoms with Crippen molar-refractivity contribution in [3.63, 3.8) is 0 Å². The van der Waals surface area contributed by atoms with Crippen molar-refractivity contribution in [2.75, 3.05) is 5.32 Å². The van der Waals surface area contributed by atoms with Gasteiger partial charge in [-0.05, 0) is 19.1 Å². The summed E-state index contributed by atoms with van der Waals surface area (Å²) in [4.78, 5) is 23.0. The number of aromatic nitrogens is 3. The van der Waals surface area contributed by atoms with Crippen molar-refractivity contribution in [3.8, 4) is 11.3 Å². The van der Waals surface area contributed by atoms with Crippen LogP contribution < -0.4 is 10.3 Å². The second-order valence-electron chi connectivity index (χ2n) is 5.83. The van der Waals surface area contributed by atoms with E-state index in [4.69, 9.17) is 0 Å². The number of anilines is 1. The Morgan fingerprint density at radius 1 is 1.14 bits per heavy atom. The van der Waals surface area contributed by atoms with E-state index in [0.717, 1.165) is 17.8 Å². The van der Waals surface area contributed by atoms with E-state index in [1.54, 1.807) is 61.8 Å².